The van der Waals surface area contributed by atoms with Crippen LogP contribution in [-0.2, 0) is 32.0 Å². The predicted molar refractivity (Wildman–Crippen MR) is 199 cm³/mol. The van der Waals surface area contributed by atoms with E-state index in [1.165, 1.54) is 12.1 Å². The Labute approximate surface area is 304 Å². The normalized spacial score (nSPS) is 12.5. The van der Waals surface area contributed by atoms with E-state index in [1.807, 2.05) is 36.4 Å². The van der Waals surface area contributed by atoms with Crippen molar-refractivity contribution in [2.24, 2.45) is 0 Å². The van der Waals surface area contributed by atoms with E-state index in [1.54, 1.807) is 40.6 Å². The summed E-state index contributed by atoms with van der Waals surface area (Å²) in [5.41, 5.74) is 2.95. The smallest absolute Gasteiger partial charge is 0.200 e. The SMILES string of the molecule is COC(CN(CCNc1ccc(NCCN(Cc2ccccc2)CC(OC)OC)c2c1C(=O)c1c(O)ccc(O)c1C2=O)Cc1ccccc1)OC. The van der Waals surface area contributed by atoms with Crippen molar-refractivity contribution < 1.29 is 38.7 Å². The van der Waals surface area contributed by atoms with Crippen molar-refractivity contribution >= 4 is 22.9 Å². The topological polar surface area (TPSA) is 142 Å². The summed E-state index contributed by atoms with van der Waals surface area (Å²) in [6, 6.07) is 26.1. The van der Waals surface area contributed by atoms with E-state index in [9.17, 15) is 19.8 Å². The molecule has 0 aromatic heterocycles. The number of aromatic hydroxyl groups is 2. The molecule has 4 aromatic carbocycles. The number of benzene rings is 4. The van der Waals surface area contributed by atoms with E-state index in [0.29, 0.717) is 63.7 Å². The number of carbonyl (C=O) groups is 2. The largest absolute Gasteiger partial charge is 0.507 e. The summed E-state index contributed by atoms with van der Waals surface area (Å²) < 4.78 is 21.9. The lowest BCUT2D eigenvalue weighted by atomic mass is 9.81. The van der Waals surface area contributed by atoms with Gasteiger partial charge in [-0.15, -0.1) is 0 Å². The molecule has 0 radical (unpaired) electrons. The number of ketones is 2. The molecular formula is C40H48N4O8. The van der Waals surface area contributed by atoms with Gasteiger partial charge >= 0.3 is 0 Å². The van der Waals surface area contributed by atoms with Crippen LogP contribution in [0.4, 0.5) is 11.4 Å². The van der Waals surface area contributed by atoms with Crippen LogP contribution >= 0.6 is 0 Å². The average Bonchev–Trinajstić information content (AvgIpc) is 3.16. The lowest BCUT2D eigenvalue weighted by Crippen LogP contribution is -2.37. The summed E-state index contributed by atoms with van der Waals surface area (Å²) in [5.74, 6) is -1.86. The number of anilines is 2. The third-order valence-corrected chi connectivity index (χ3v) is 9.13. The number of nitrogens with one attached hydrogen (secondary N) is 2. The van der Waals surface area contributed by atoms with E-state index in [4.69, 9.17) is 18.9 Å². The number of nitrogens with zero attached hydrogens (tertiary/aromatic N) is 2. The lowest BCUT2D eigenvalue weighted by Gasteiger charge is -2.28. The molecule has 4 aromatic rings. The molecule has 0 saturated carbocycles. The van der Waals surface area contributed by atoms with Crippen molar-refractivity contribution in [1.82, 2.24) is 9.80 Å². The second-order valence-electron chi connectivity index (χ2n) is 12.5. The molecule has 0 bridgehead atoms. The zero-order valence-electron chi connectivity index (χ0n) is 30.1. The third kappa shape index (κ3) is 9.34. The summed E-state index contributed by atoms with van der Waals surface area (Å²) in [5, 5.41) is 28.2. The molecule has 5 rings (SSSR count). The summed E-state index contributed by atoms with van der Waals surface area (Å²) in [6.07, 6.45) is -0.877. The molecule has 1 aliphatic carbocycles. The standard InChI is InChI=1S/C40H48N4O8/c1-49-33(50-2)25-43(23-27-11-7-5-8-12-27)21-19-41-29-15-16-30(36-35(29)39(47)37-31(45)17-18-32(46)38(37)40(36)48)42-20-22-44(26-34(51-3)52-4)24-28-13-9-6-10-14-28/h5-18,33-34,41-42,45-46H,19-26H2,1-4H3. The van der Waals surface area contributed by atoms with Crippen molar-refractivity contribution in [1.29, 1.82) is 0 Å². The number of phenolic OH excluding ortho intramolecular Hbond substituents is 2. The molecule has 1 aliphatic rings. The second-order valence-corrected chi connectivity index (χ2v) is 12.5. The Balaban J connectivity index is 1.40. The van der Waals surface area contributed by atoms with Crippen molar-refractivity contribution in [3.63, 3.8) is 0 Å². The fourth-order valence-electron chi connectivity index (χ4n) is 6.42. The van der Waals surface area contributed by atoms with Crippen LogP contribution < -0.4 is 10.6 Å². The second kappa shape index (κ2) is 18.6. The Morgan fingerprint density at radius 1 is 0.538 bits per heavy atom. The van der Waals surface area contributed by atoms with Gasteiger partial charge in [0.25, 0.3) is 0 Å². The molecule has 0 amide bonds. The quantitative estimate of drug-likeness (QED) is 0.0642. The zero-order chi connectivity index (χ0) is 37.0. The minimum atomic E-state index is -0.558. The van der Waals surface area contributed by atoms with Crippen LogP contribution in [0.3, 0.4) is 0 Å². The van der Waals surface area contributed by atoms with Gasteiger partial charge in [0, 0.05) is 92.2 Å². The van der Waals surface area contributed by atoms with Gasteiger partial charge in [0.1, 0.15) is 11.5 Å². The van der Waals surface area contributed by atoms with Gasteiger partial charge in [-0.25, -0.2) is 0 Å². The molecule has 0 unspecified atom stereocenters. The highest BCUT2D eigenvalue weighted by Gasteiger charge is 2.38. The fourth-order valence-corrected chi connectivity index (χ4v) is 6.42. The first-order chi connectivity index (χ1) is 25.3. The van der Waals surface area contributed by atoms with E-state index >= 15 is 0 Å². The fraction of sp³-hybridized carbons (Fsp3) is 0.350. The molecule has 0 saturated heterocycles. The molecule has 0 spiro atoms. The number of hydrogen-bond donors (Lipinski definition) is 4. The molecule has 0 fully saturated rings. The number of phenols is 2. The van der Waals surface area contributed by atoms with Gasteiger partial charge in [-0.05, 0) is 35.4 Å². The minimum absolute atomic E-state index is 0.129. The predicted octanol–water partition coefficient (Wildman–Crippen LogP) is 4.94. The highest BCUT2D eigenvalue weighted by atomic mass is 16.7. The summed E-state index contributed by atoms with van der Waals surface area (Å²) in [7, 11) is 6.39. The Morgan fingerprint density at radius 3 is 1.25 bits per heavy atom. The maximum absolute atomic E-state index is 14.2. The van der Waals surface area contributed by atoms with E-state index in [0.717, 1.165) is 11.1 Å². The van der Waals surface area contributed by atoms with Gasteiger partial charge in [-0.2, -0.15) is 0 Å². The van der Waals surface area contributed by atoms with Crippen LogP contribution in [-0.4, -0.2) is 112 Å². The van der Waals surface area contributed by atoms with Crippen LogP contribution in [0.5, 0.6) is 11.5 Å². The van der Waals surface area contributed by atoms with Gasteiger partial charge in [0.05, 0.1) is 22.3 Å². The van der Waals surface area contributed by atoms with Gasteiger partial charge in [-0.3, -0.25) is 19.4 Å². The lowest BCUT2D eigenvalue weighted by molar-refractivity contribution is -0.117. The van der Waals surface area contributed by atoms with Gasteiger partial charge in [0.15, 0.2) is 12.6 Å². The highest BCUT2D eigenvalue weighted by Crippen LogP contribution is 2.42. The number of carbonyl (C=O) groups excluding carboxylic acids is 2. The number of fused-ring (bicyclic) bond motifs is 2. The van der Waals surface area contributed by atoms with E-state index in [2.05, 4.69) is 44.7 Å². The Kier molecular flexibility index (Phi) is 13.7. The number of hydrogen-bond acceptors (Lipinski definition) is 12. The Morgan fingerprint density at radius 2 is 0.904 bits per heavy atom. The monoisotopic (exact) mass is 712 g/mol. The summed E-state index contributed by atoms with van der Waals surface area (Å²) in [4.78, 5) is 32.7. The molecule has 0 heterocycles. The average molecular weight is 713 g/mol. The highest BCUT2D eigenvalue weighted by molar-refractivity contribution is 6.33. The first-order valence-corrected chi connectivity index (χ1v) is 17.2. The van der Waals surface area contributed by atoms with Crippen LogP contribution in [0, 0.1) is 0 Å². The van der Waals surface area contributed by atoms with Crippen molar-refractivity contribution in [2.75, 3.05) is 78.3 Å². The molecule has 12 nitrogen and oxygen atoms in total. The van der Waals surface area contributed by atoms with E-state index < -0.39 is 24.1 Å². The van der Waals surface area contributed by atoms with Gasteiger partial charge < -0.3 is 39.8 Å². The molecule has 276 valence electrons. The number of methoxy groups -OCH3 is 4. The van der Waals surface area contributed by atoms with Gasteiger partial charge in [0.2, 0.25) is 11.6 Å². The first kappa shape index (κ1) is 38.4. The van der Waals surface area contributed by atoms with Crippen molar-refractivity contribution in [3.05, 3.63) is 118 Å². The Bertz CT molecular complexity index is 1650. The number of rotatable bonds is 20. The number of ether oxygens (including phenoxy) is 4. The third-order valence-electron chi connectivity index (χ3n) is 9.13. The van der Waals surface area contributed by atoms with E-state index in [-0.39, 0.29) is 33.8 Å². The molecule has 12 heteroatoms. The molecular weight excluding hydrogens is 664 g/mol. The minimum Gasteiger partial charge on any atom is -0.507 e. The molecule has 4 N–H and O–H groups in total. The van der Waals surface area contributed by atoms with Crippen LogP contribution in [0.2, 0.25) is 0 Å². The maximum atomic E-state index is 14.2. The van der Waals surface area contributed by atoms with Crippen molar-refractivity contribution in [3.8, 4) is 11.5 Å². The maximum Gasteiger partial charge on any atom is 0.200 e. The van der Waals surface area contributed by atoms with Crippen molar-refractivity contribution in [2.45, 2.75) is 25.7 Å². The first-order valence-electron chi connectivity index (χ1n) is 17.2. The molecule has 52 heavy (non-hydrogen) atoms. The molecule has 0 atom stereocenters. The van der Waals surface area contributed by atoms with Crippen LogP contribution in [0.15, 0.2) is 84.9 Å². The van der Waals surface area contributed by atoms with Gasteiger partial charge in [-0.1, -0.05) is 60.7 Å². The zero-order valence-corrected chi connectivity index (χ0v) is 30.1. The Hall–Kier alpha value is -4.82. The van der Waals surface area contributed by atoms with Crippen LogP contribution in [0.25, 0.3) is 0 Å². The summed E-state index contributed by atoms with van der Waals surface area (Å²) in [6.45, 7) is 4.22. The summed E-state index contributed by atoms with van der Waals surface area (Å²) >= 11 is 0. The molecule has 0 aliphatic heterocycles. The van der Waals surface area contributed by atoms with Crippen LogP contribution in [0.1, 0.15) is 43.0 Å².